The summed E-state index contributed by atoms with van der Waals surface area (Å²) in [5.74, 6) is 1.97. The molecule has 2 rings (SSSR count). The normalized spacial score (nSPS) is 11.9. The van der Waals surface area contributed by atoms with Gasteiger partial charge in [0.1, 0.15) is 11.3 Å². The second-order valence-corrected chi connectivity index (χ2v) is 5.97. The molecule has 0 bridgehead atoms. The van der Waals surface area contributed by atoms with Crippen molar-refractivity contribution in [1.29, 1.82) is 0 Å². The number of fused-ring (bicyclic) bond motifs is 1. The van der Waals surface area contributed by atoms with Crippen molar-refractivity contribution < 1.29 is 4.74 Å². The number of halogens is 1. The summed E-state index contributed by atoms with van der Waals surface area (Å²) in [6.45, 7) is 8.74. The highest BCUT2D eigenvalue weighted by Gasteiger charge is 2.17. The van der Waals surface area contributed by atoms with E-state index in [0.717, 1.165) is 48.7 Å². The molecular formula is C15H25ClN4O. The molecule has 0 saturated heterocycles. The Balaban J connectivity index is 2.12. The van der Waals surface area contributed by atoms with Crippen molar-refractivity contribution in [2.24, 2.45) is 13.0 Å². The molecule has 118 valence electrons. The van der Waals surface area contributed by atoms with E-state index >= 15 is 0 Å². The van der Waals surface area contributed by atoms with Gasteiger partial charge in [-0.25, -0.2) is 4.98 Å². The Morgan fingerprint density at radius 1 is 1.29 bits per heavy atom. The molecule has 0 unspecified atom stereocenters. The maximum atomic E-state index is 6.04. The van der Waals surface area contributed by atoms with E-state index in [1.165, 1.54) is 0 Å². The van der Waals surface area contributed by atoms with Crippen LogP contribution in [0.15, 0.2) is 0 Å². The molecule has 0 aliphatic rings. The summed E-state index contributed by atoms with van der Waals surface area (Å²) in [6, 6.07) is 0. The van der Waals surface area contributed by atoms with E-state index in [-0.39, 0.29) is 0 Å². The average molecular weight is 313 g/mol. The Bertz CT molecular complexity index is 588. The van der Waals surface area contributed by atoms with E-state index in [0.29, 0.717) is 18.4 Å². The first kappa shape index (κ1) is 16.3. The van der Waals surface area contributed by atoms with Crippen molar-refractivity contribution in [3.05, 3.63) is 11.5 Å². The van der Waals surface area contributed by atoms with Crippen LogP contribution in [0.3, 0.4) is 0 Å². The van der Waals surface area contributed by atoms with E-state index in [4.69, 9.17) is 16.3 Å². The van der Waals surface area contributed by atoms with Crippen LogP contribution in [-0.4, -0.2) is 32.5 Å². The zero-order valence-electron chi connectivity index (χ0n) is 13.4. The average Bonchev–Trinajstić information content (AvgIpc) is 2.96. The number of imidazole rings is 1. The summed E-state index contributed by atoms with van der Waals surface area (Å²) in [6.07, 6.45) is 1.97. The van der Waals surface area contributed by atoms with Gasteiger partial charge in [0.15, 0.2) is 5.65 Å². The highest BCUT2D eigenvalue weighted by atomic mass is 35.5. The number of hydrogen-bond acceptors (Lipinski definition) is 3. The summed E-state index contributed by atoms with van der Waals surface area (Å²) in [7, 11) is 1.96. The number of alkyl halides is 1. The van der Waals surface area contributed by atoms with Gasteiger partial charge in [0, 0.05) is 20.2 Å². The lowest BCUT2D eigenvalue weighted by Crippen LogP contribution is -2.12. The molecular weight excluding hydrogens is 288 g/mol. The lowest BCUT2D eigenvalue weighted by molar-refractivity contribution is 0.116. The van der Waals surface area contributed by atoms with Crippen LogP contribution in [0.5, 0.6) is 0 Å². The molecule has 0 aliphatic carbocycles. The third-order valence-corrected chi connectivity index (χ3v) is 3.86. The zero-order chi connectivity index (χ0) is 15.4. The van der Waals surface area contributed by atoms with Crippen molar-refractivity contribution in [2.75, 3.05) is 13.2 Å². The standard InChI is InChI=1S/C15H25ClN4O/c1-5-12-14-15(19(4)18-12)20(13(10-16)17-14)7-9-21-8-6-11(2)3/h11H,5-10H2,1-4H3. The van der Waals surface area contributed by atoms with E-state index in [2.05, 4.69) is 35.4 Å². The van der Waals surface area contributed by atoms with Crippen molar-refractivity contribution in [3.8, 4) is 0 Å². The second kappa shape index (κ2) is 7.27. The van der Waals surface area contributed by atoms with Crippen molar-refractivity contribution >= 4 is 22.8 Å². The number of aromatic nitrogens is 4. The Morgan fingerprint density at radius 3 is 2.67 bits per heavy atom. The first-order valence-corrected chi connectivity index (χ1v) is 8.16. The fourth-order valence-corrected chi connectivity index (χ4v) is 2.64. The van der Waals surface area contributed by atoms with Crippen LogP contribution >= 0.6 is 11.6 Å². The highest BCUT2D eigenvalue weighted by molar-refractivity contribution is 6.16. The molecule has 6 heteroatoms. The first-order valence-electron chi connectivity index (χ1n) is 7.63. The lowest BCUT2D eigenvalue weighted by Gasteiger charge is -2.10. The molecule has 0 aromatic carbocycles. The smallest absolute Gasteiger partial charge is 0.158 e. The number of rotatable bonds is 8. The molecule has 0 saturated carbocycles. The largest absolute Gasteiger partial charge is 0.380 e. The Labute approximate surface area is 131 Å². The molecule has 0 amide bonds. The van der Waals surface area contributed by atoms with Crippen LogP contribution in [-0.2, 0) is 30.6 Å². The van der Waals surface area contributed by atoms with E-state index in [1.807, 2.05) is 11.7 Å². The summed E-state index contributed by atoms with van der Waals surface area (Å²) >= 11 is 6.04. The van der Waals surface area contributed by atoms with Gasteiger partial charge in [-0.15, -0.1) is 11.6 Å². The second-order valence-electron chi connectivity index (χ2n) is 5.70. The number of ether oxygens (including phenoxy) is 1. The minimum atomic E-state index is 0.407. The SMILES string of the molecule is CCc1nn(C)c2c1nc(CCl)n2CCOCCC(C)C. The minimum Gasteiger partial charge on any atom is -0.380 e. The molecule has 2 aromatic heterocycles. The molecule has 5 nitrogen and oxygen atoms in total. The fraction of sp³-hybridized carbons (Fsp3) is 0.733. The molecule has 0 atom stereocenters. The Morgan fingerprint density at radius 2 is 2.05 bits per heavy atom. The molecule has 2 aromatic rings. The topological polar surface area (TPSA) is 44.9 Å². The van der Waals surface area contributed by atoms with Crippen LogP contribution in [0.1, 0.15) is 38.7 Å². The van der Waals surface area contributed by atoms with Crippen LogP contribution in [0.4, 0.5) is 0 Å². The predicted molar refractivity (Wildman–Crippen MR) is 85.7 cm³/mol. The quantitative estimate of drug-likeness (QED) is 0.555. The number of aryl methyl sites for hydroxylation is 2. The Hall–Kier alpha value is -1.07. The van der Waals surface area contributed by atoms with Gasteiger partial charge in [-0.2, -0.15) is 5.10 Å². The van der Waals surface area contributed by atoms with Crippen molar-refractivity contribution in [2.45, 2.75) is 46.0 Å². The molecule has 0 radical (unpaired) electrons. The first-order chi connectivity index (χ1) is 10.1. The zero-order valence-corrected chi connectivity index (χ0v) is 14.2. The van der Waals surface area contributed by atoms with Gasteiger partial charge < -0.3 is 9.30 Å². The summed E-state index contributed by atoms with van der Waals surface area (Å²) in [5, 5.41) is 4.52. The lowest BCUT2D eigenvalue weighted by atomic mass is 10.1. The number of nitrogens with zero attached hydrogens (tertiary/aromatic N) is 4. The highest BCUT2D eigenvalue weighted by Crippen LogP contribution is 2.21. The molecule has 21 heavy (non-hydrogen) atoms. The van der Waals surface area contributed by atoms with Gasteiger partial charge in [0.05, 0.1) is 18.2 Å². The van der Waals surface area contributed by atoms with E-state index < -0.39 is 0 Å². The molecule has 0 N–H and O–H groups in total. The van der Waals surface area contributed by atoms with Gasteiger partial charge in [-0.1, -0.05) is 20.8 Å². The Kier molecular flexibility index (Phi) is 5.65. The maximum absolute atomic E-state index is 6.04. The molecule has 0 spiro atoms. The molecule has 0 aliphatic heterocycles. The third kappa shape index (κ3) is 3.58. The summed E-state index contributed by atoms with van der Waals surface area (Å²) < 4.78 is 9.74. The maximum Gasteiger partial charge on any atom is 0.158 e. The third-order valence-electron chi connectivity index (χ3n) is 3.62. The van der Waals surface area contributed by atoms with Crippen LogP contribution in [0.25, 0.3) is 11.2 Å². The summed E-state index contributed by atoms with van der Waals surface area (Å²) in [4.78, 5) is 4.64. The summed E-state index contributed by atoms with van der Waals surface area (Å²) in [5.41, 5.74) is 3.03. The van der Waals surface area contributed by atoms with Crippen LogP contribution in [0, 0.1) is 5.92 Å². The van der Waals surface area contributed by atoms with Gasteiger partial charge in [0.25, 0.3) is 0 Å². The molecule has 0 fully saturated rings. The van der Waals surface area contributed by atoms with E-state index in [1.54, 1.807) is 0 Å². The minimum absolute atomic E-state index is 0.407. The van der Waals surface area contributed by atoms with Crippen molar-refractivity contribution in [3.63, 3.8) is 0 Å². The van der Waals surface area contributed by atoms with Gasteiger partial charge in [-0.3, -0.25) is 4.68 Å². The predicted octanol–water partition coefficient (Wildman–Crippen LogP) is 3.13. The molecule has 2 heterocycles. The van der Waals surface area contributed by atoms with Gasteiger partial charge in [0.2, 0.25) is 0 Å². The van der Waals surface area contributed by atoms with E-state index in [9.17, 15) is 0 Å². The number of hydrogen-bond donors (Lipinski definition) is 0. The van der Waals surface area contributed by atoms with Crippen LogP contribution in [0.2, 0.25) is 0 Å². The van der Waals surface area contributed by atoms with Gasteiger partial charge >= 0.3 is 0 Å². The van der Waals surface area contributed by atoms with Crippen LogP contribution < -0.4 is 0 Å². The van der Waals surface area contributed by atoms with Crippen molar-refractivity contribution in [1.82, 2.24) is 19.3 Å². The van der Waals surface area contributed by atoms with Gasteiger partial charge in [-0.05, 0) is 18.8 Å². The monoisotopic (exact) mass is 312 g/mol. The fourth-order valence-electron chi connectivity index (χ4n) is 2.44.